The zero-order valence-electron chi connectivity index (χ0n) is 12.6. The average molecular weight is 315 g/mol. The summed E-state index contributed by atoms with van der Waals surface area (Å²) in [6.45, 7) is 6.12. The topological polar surface area (TPSA) is 81.4 Å². The number of hydrogen-bond acceptors (Lipinski definition) is 4. The number of anilines is 1. The second-order valence-corrected chi connectivity index (χ2v) is 5.02. The van der Waals surface area contributed by atoms with Gasteiger partial charge in [-0.05, 0) is 43.5 Å². The second-order valence-electron chi connectivity index (χ2n) is 5.02. The van der Waals surface area contributed by atoms with Crippen molar-refractivity contribution in [3.8, 4) is 0 Å². The van der Waals surface area contributed by atoms with Crippen LogP contribution < -0.4 is 11.1 Å². The van der Waals surface area contributed by atoms with E-state index in [0.717, 1.165) is 0 Å². The van der Waals surface area contributed by atoms with Gasteiger partial charge in [0.2, 0.25) is 5.91 Å². The third-order valence-electron chi connectivity index (χ3n) is 2.73. The second kappa shape index (κ2) is 9.37. The molecule has 0 aliphatic rings. The van der Waals surface area contributed by atoms with Crippen molar-refractivity contribution in [3.05, 3.63) is 29.8 Å². The van der Waals surface area contributed by atoms with Crippen molar-refractivity contribution < 1.29 is 14.3 Å². The molecule has 0 radical (unpaired) electrons. The lowest BCUT2D eigenvalue weighted by Gasteiger charge is -2.14. The minimum Gasteiger partial charge on any atom is -0.462 e. The molecule has 0 spiro atoms. The van der Waals surface area contributed by atoms with Gasteiger partial charge in [-0.2, -0.15) is 0 Å². The lowest BCUT2D eigenvalue weighted by molar-refractivity contribution is -0.117. The van der Waals surface area contributed by atoms with E-state index in [1.165, 1.54) is 0 Å². The van der Waals surface area contributed by atoms with Crippen LogP contribution in [0.25, 0.3) is 0 Å². The highest BCUT2D eigenvalue weighted by molar-refractivity contribution is 5.95. The van der Waals surface area contributed by atoms with Crippen molar-refractivity contribution in [1.29, 1.82) is 0 Å². The summed E-state index contributed by atoms with van der Waals surface area (Å²) in [5, 5.41) is 2.73. The van der Waals surface area contributed by atoms with Crippen LogP contribution in [0.4, 0.5) is 5.69 Å². The Morgan fingerprint density at radius 1 is 1.24 bits per heavy atom. The van der Waals surface area contributed by atoms with Crippen molar-refractivity contribution in [3.63, 3.8) is 0 Å². The first-order valence-electron chi connectivity index (χ1n) is 6.77. The van der Waals surface area contributed by atoms with E-state index in [1.54, 1.807) is 31.2 Å². The average Bonchev–Trinajstić information content (AvgIpc) is 2.39. The molecule has 6 heteroatoms. The van der Waals surface area contributed by atoms with Gasteiger partial charge in [0, 0.05) is 5.69 Å². The van der Waals surface area contributed by atoms with E-state index >= 15 is 0 Å². The number of benzene rings is 1. The molecular weight excluding hydrogens is 292 g/mol. The van der Waals surface area contributed by atoms with Gasteiger partial charge < -0.3 is 15.8 Å². The van der Waals surface area contributed by atoms with Crippen LogP contribution in [-0.4, -0.2) is 24.5 Å². The summed E-state index contributed by atoms with van der Waals surface area (Å²) in [5.41, 5.74) is 6.87. The van der Waals surface area contributed by atoms with E-state index in [9.17, 15) is 9.59 Å². The number of carbonyl (C=O) groups is 2. The van der Waals surface area contributed by atoms with Crippen molar-refractivity contribution in [2.45, 2.75) is 33.2 Å². The molecule has 21 heavy (non-hydrogen) atoms. The van der Waals surface area contributed by atoms with Gasteiger partial charge in [0.05, 0.1) is 18.2 Å². The van der Waals surface area contributed by atoms with E-state index < -0.39 is 6.04 Å². The highest BCUT2D eigenvalue weighted by Gasteiger charge is 2.15. The Morgan fingerprint density at radius 2 is 1.81 bits per heavy atom. The van der Waals surface area contributed by atoms with Gasteiger partial charge in [-0.3, -0.25) is 4.79 Å². The Morgan fingerprint density at radius 3 is 2.29 bits per heavy atom. The third kappa shape index (κ3) is 6.60. The number of amides is 1. The number of ether oxygens (including phenoxy) is 1. The SMILES string of the molecule is CCOC(=O)c1ccc(NC(=O)[C@@H](N)CC(C)C)cc1.Cl. The van der Waals surface area contributed by atoms with Crippen molar-refractivity contribution in [1.82, 2.24) is 0 Å². The molecule has 1 rings (SSSR count). The van der Waals surface area contributed by atoms with E-state index in [0.29, 0.717) is 30.2 Å². The fourth-order valence-corrected chi connectivity index (χ4v) is 1.75. The molecule has 118 valence electrons. The maximum Gasteiger partial charge on any atom is 0.338 e. The molecule has 0 saturated carbocycles. The molecule has 1 amide bonds. The Labute approximate surface area is 131 Å². The lowest BCUT2D eigenvalue weighted by atomic mass is 10.0. The standard InChI is InChI=1S/C15H22N2O3.ClH/c1-4-20-15(19)11-5-7-12(8-6-11)17-14(18)13(16)9-10(2)3;/h5-8,10,13H,4,9,16H2,1-3H3,(H,17,18);1H/t13-;/m0./s1. The smallest absolute Gasteiger partial charge is 0.338 e. The fourth-order valence-electron chi connectivity index (χ4n) is 1.75. The highest BCUT2D eigenvalue weighted by atomic mass is 35.5. The molecular formula is C15H23ClN2O3. The van der Waals surface area contributed by atoms with Crippen LogP contribution in [0.15, 0.2) is 24.3 Å². The Balaban J connectivity index is 0.00000400. The molecule has 3 N–H and O–H groups in total. The van der Waals surface area contributed by atoms with Crippen LogP contribution >= 0.6 is 12.4 Å². The molecule has 0 bridgehead atoms. The van der Waals surface area contributed by atoms with Crippen LogP contribution in [0.2, 0.25) is 0 Å². The fraction of sp³-hybridized carbons (Fsp3) is 0.467. The normalized spacial score (nSPS) is 11.5. The predicted octanol–water partition coefficient (Wildman–Crippen LogP) is 2.60. The number of hydrogen-bond donors (Lipinski definition) is 2. The van der Waals surface area contributed by atoms with Crippen LogP contribution in [-0.2, 0) is 9.53 Å². The van der Waals surface area contributed by atoms with Gasteiger partial charge in [-0.1, -0.05) is 13.8 Å². The predicted molar refractivity (Wildman–Crippen MR) is 85.7 cm³/mol. The van der Waals surface area contributed by atoms with Gasteiger partial charge in [-0.25, -0.2) is 4.79 Å². The molecule has 5 nitrogen and oxygen atoms in total. The molecule has 0 aliphatic heterocycles. The summed E-state index contributed by atoms with van der Waals surface area (Å²) in [4.78, 5) is 23.3. The van der Waals surface area contributed by atoms with E-state index in [1.807, 2.05) is 13.8 Å². The number of carbonyl (C=O) groups excluding carboxylic acids is 2. The summed E-state index contributed by atoms with van der Waals surface area (Å²) >= 11 is 0. The molecule has 0 unspecified atom stereocenters. The molecule has 0 saturated heterocycles. The summed E-state index contributed by atoms with van der Waals surface area (Å²) in [5.74, 6) is -0.230. The van der Waals surface area contributed by atoms with Gasteiger partial charge in [0.15, 0.2) is 0 Å². The van der Waals surface area contributed by atoms with Gasteiger partial charge in [0.1, 0.15) is 0 Å². The number of nitrogens with one attached hydrogen (secondary N) is 1. The molecule has 0 aromatic heterocycles. The minimum absolute atomic E-state index is 0. The maximum absolute atomic E-state index is 11.8. The van der Waals surface area contributed by atoms with Crippen molar-refractivity contribution in [2.75, 3.05) is 11.9 Å². The first-order valence-corrected chi connectivity index (χ1v) is 6.77. The third-order valence-corrected chi connectivity index (χ3v) is 2.73. The van der Waals surface area contributed by atoms with Crippen LogP contribution in [0, 0.1) is 5.92 Å². The zero-order chi connectivity index (χ0) is 15.1. The monoisotopic (exact) mass is 314 g/mol. The van der Waals surface area contributed by atoms with Gasteiger partial charge >= 0.3 is 5.97 Å². The van der Waals surface area contributed by atoms with E-state index in [-0.39, 0.29) is 24.3 Å². The Bertz CT molecular complexity index is 460. The quantitative estimate of drug-likeness (QED) is 0.791. The maximum atomic E-state index is 11.8. The van der Waals surface area contributed by atoms with Crippen molar-refractivity contribution >= 4 is 30.0 Å². The number of rotatable bonds is 6. The molecule has 0 aliphatic carbocycles. The molecule has 0 heterocycles. The van der Waals surface area contributed by atoms with E-state index in [2.05, 4.69) is 5.32 Å². The lowest BCUT2D eigenvalue weighted by Crippen LogP contribution is -2.36. The molecule has 0 fully saturated rings. The van der Waals surface area contributed by atoms with Crippen LogP contribution in [0.5, 0.6) is 0 Å². The zero-order valence-corrected chi connectivity index (χ0v) is 13.4. The highest BCUT2D eigenvalue weighted by Crippen LogP contribution is 2.12. The van der Waals surface area contributed by atoms with Crippen LogP contribution in [0.1, 0.15) is 37.6 Å². The summed E-state index contributed by atoms with van der Waals surface area (Å²) in [6.07, 6.45) is 0.632. The largest absolute Gasteiger partial charge is 0.462 e. The molecule has 1 aromatic carbocycles. The first kappa shape index (κ1) is 19.4. The summed E-state index contributed by atoms with van der Waals surface area (Å²) < 4.78 is 4.88. The molecule has 1 atom stereocenters. The first-order chi connectivity index (χ1) is 9.43. The number of halogens is 1. The number of esters is 1. The minimum atomic E-state index is -0.528. The van der Waals surface area contributed by atoms with E-state index in [4.69, 9.17) is 10.5 Å². The van der Waals surface area contributed by atoms with Crippen LogP contribution in [0.3, 0.4) is 0 Å². The summed E-state index contributed by atoms with van der Waals surface area (Å²) in [7, 11) is 0. The van der Waals surface area contributed by atoms with Gasteiger partial charge in [-0.15, -0.1) is 12.4 Å². The van der Waals surface area contributed by atoms with Crippen molar-refractivity contribution in [2.24, 2.45) is 11.7 Å². The Kier molecular flexibility index (Phi) is 8.66. The summed E-state index contributed by atoms with van der Waals surface area (Å²) in [6, 6.07) is 6.02. The molecule has 1 aromatic rings. The van der Waals surface area contributed by atoms with Gasteiger partial charge in [0.25, 0.3) is 0 Å². The number of nitrogens with two attached hydrogens (primary N) is 1. The Hall–Kier alpha value is -1.59.